The standard InChI is InChI=1S/C15H18N4OS/c1-5-11-12(7-6-8(2)17-11)20-15-13(14(16)21)9(3)10(4)18-19-15/h6-7H,5H2,1-4H3,(H2,16,21). The molecule has 0 fully saturated rings. The van der Waals surface area contributed by atoms with E-state index in [0.29, 0.717) is 17.2 Å². The molecule has 5 nitrogen and oxygen atoms in total. The van der Waals surface area contributed by atoms with Gasteiger partial charge in [0.1, 0.15) is 4.99 Å². The van der Waals surface area contributed by atoms with Crippen LogP contribution in [0.2, 0.25) is 0 Å². The lowest BCUT2D eigenvalue weighted by atomic mass is 10.1. The monoisotopic (exact) mass is 302 g/mol. The van der Waals surface area contributed by atoms with Gasteiger partial charge < -0.3 is 10.5 Å². The van der Waals surface area contributed by atoms with Crippen LogP contribution in [0.3, 0.4) is 0 Å². The Hall–Kier alpha value is -2.08. The van der Waals surface area contributed by atoms with Crippen LogP contribution in [0.4, 0.5) is 0 Å². The van der Waals surface area contributed by atoms with Gasteiger partial charge in [0.2, 0.25) is 5.88 Å². The Morgan fingerprint density at radius 3 is 2.57 bits per heavy atom. The van der Waals surface area contributed by atoms with Gasteiger partial charge in [-0.25, -0.2) is 0 Å². The van der Waals surface area contributed by atoms with Crippen molar-refractivity contribution in [1.82, 2.24) is 15.2 Å². The van der Waals surface area contributed by atoms with E-state index >= 15 is 0 Å². The molecular weight excluding hydrogens is 284 g/mol. The predicted molar refractivity (Wildman–Crippen MR) is 85.8 cm³/mol. The van der Waals surface area contributed by atoms with E-state index in [-0.39, 0.29) is 4.99 Å². The maximum absolute atomic E-state index is 5.88. The summed E-state index contributed by atoms with van der Waals surface area (Å²) >= 11 is 5.11. The summed E-state index contributed by atoms with van der Waals surface area (Å²) < 4.78 is 5.88. The molecule has 2 heterocycles. The van der Waals surface area contributed by atoms with Crippen LogP contribution in [0.25, 0.3) is 0 Å². The highest BCUT2D eigenvalue weighted by atomic mass is 32.1. The number of rotatable bonds is 4. The second-order valence-corrected chi connectivity index (χ2v) is 5.25. The highest BCUT2D eigenvalue weighted by Gasteiger charge is 2.17. The topological polar surface area (TPSA) is 73.9 Å². The molecule has 0 radical (unpaired) electrons. The molecule has 2 aromatic rings. The largest absolute Gasteiger partial charge is 0.435 e. The Labute approximate surface area is 129 Å². The zero-order chi connectivity index (χ0) is 15.6. The molecule has 6 heteroatoms. The van der Waals surface area contributed by atoms with Crippen molar-refractivity contribution in [2.45, 2.75) is 34.1 Å². The number of ether oxygens (including phenoxy) is 1. The van der Waals surface area contributed by atoms with Gasteiger partial charge in [-0.15, -0.1) is 5.10 Å². The molecule has 110 valence electrons. The van der Waals surface area contributed by atoms with Crippen molar-refractivity contribution in [3.63, 3.8) is 0 Å². The molecule has 0 saturated carbocycles. The van der Waals surface area contributed by atoms with Crippen LogP contribution in [-0.2, 0) is 6.42 Å². The summed E-state index contributed by atoms with van der Waals surface area (Å²) in [5.74, 6) is 0.976. The summed E-state index contributed by atoms with van der Waals surface area (Å²) in [6.45, 7) is 7.73. The molecule has 0 aliphatic heterocycles. The first-order chi connectivity index (χ1) is 9.93. The Morgan fingerprint density at radius 1 is 1.24 bits per heavy atom. The molecule has 21 heavy (non-hydrogen) atoms. The van der Waals surface area contributed by atoms with Crippen LogP contribution in [0.15, 0.2) is 12.1 Å². The van der Waals surface area contributed by atoms with E-state index in [9.17, 15) is 0 Å². The fourth-order valence-electron chi connectivity index (χ4n) is 2.00. The van der Waals surface area contributed by atoms with E-state index in [4.69, 9.17) is 22.7 Å². The molecule has 2 aromatic heterocycles. The van der Waals surface area contributed by atoms with Gasteiger partial charge in [0.05, 0.1) is 17.0 Å². The third-order valence-corrected chi connectivity index (χ3v) is 3.49. The van der Waals surface area contributed by atoms with Crippen LogP contribution >= 0.6 is 12.2 Å². The SMILES string of the molecule is CCc1nc(C)ccc1Oc1nnc(C)c(C)c1C(N)=S. The molecule has 0 aromatic carbocycles. The summed E-state index contributed by atoms with van der Waals surface area (Å²) in [6.07, 6.45) is 0.762. The average Bonchev–Trinajstić information content (AvgIpc) is 2.44. The van der Waals surface area contributed by atoms with Crippen molar-refractivity contribution >= 4 is 17.2 Å². The third kappa shape index (κ3) is 3.16. The summed E-state index contributed by atoms with van der Waals surface area (Å²) in [5.41, 5.74) is 9.90. The quantitative estimate of drug-likeness (QED) is 0.875. The van der Waals surface area contributed by atoms with Crippen molar-refractivity contribution in [1.29, 1.82) is 0 Å². The normalized spacial score (nSPS) is 10.5. The van der Waals surface area contributed by atoms with E-state index in [1.54, 1.807) is 0 Å². The number of hydrogen-bond acceptors (Lipinski definition) is 5. The number of aryl methyl sites for hydroxylation is 3. The smallest absolute Gasteiger partial charge is 0.249 e. The van der Waals surface area contributed by atoms with Crippen LogP contribution in [-0.4, -0.2) is 20.2 Å². The first-order valence-electron chi connectivity index (χ1n) is 6.72. The van der Waals surface area contributed by atoms with E-state index in [1.165, 1.54) is 0 Å². The van der Waals surface area contributed by atoms with Crippen LogP contribution < -0.4 is 10.5 Å². The molecule has 0 spiro atoms. The second kappa shape index (κ2) is 6.13. The Balaban J connectivity index is 2.50. The number of hydrogen-bond donors (Lipinski definition) is 1. The second-order valence-electron chi connectivity index (χ2n) is 4.81. The number of thiocarbonyl (C=S) groups is 1. The van der Waals surface area contributed by atoms with Crippen LogP contribution in [0.1, 0.15) is 35.1 Å². The average molecular weight is 302 g/mol. The van der Waals surface area contributed by atoms with Crippen molar-refractivity contribution in [3.8, 4) is 11.6 Å². The van der Waals surface area contributed by atoms with Crippen molar-refractivity contribution < 1.29 is 4.74 Å². The van der Waals surface area contributed by atoms with Gasteiger partial charge in [0, 0.05) is 5.69 Å². The minimum Gasteiger partial charge on any atom is -0.435 e. The summed E-state index contributed by atoms with van der Waals surface area (Å²) in [4.78, 5) is 4.71. The predicted octanol–water partition coefficient (Wildman–Crippen LogP) is 2.79. The maximum Gasteiger partial charge on any atom is 0.249 e. The highest BCUT2D eigenvalue weighted by molar-refractivity contribution is 7.80. The molecule has 0 amide bonds. The van der Waals surface area contributed by atoms with Crippen LogP contribution in [0, 0.1) is 20.8 Å². The third-order valence-electron chi connectivity index (χ3n) is 3.28. The lowest BCUT2D eigenvalue weighted by molar-refractivity contribution is 0.444. The van der Waals surface area contributed by atoms with E-state index in [0.717, 1.165) is 29.1 Å². The van der Waals surface area contributed by atoms with Crippen molar-refractivity contribution in [3.05, 3.63) is 40.3 Å². The van der Waals surface area contributed by atoms with Gasteiger partial charge in [-0.05, 0) is 44.9 Å². The Morgan fingerprint density at radius 2 is 1.95 bits per heavy atom. The molecular formula is C15H18N4OS. The molecule has 2 N–H and O–H groups in total. The van der Waals surface area contributed by atoms with E-state index in [2.05, 4.69) is 15.2 Å². The molecule has 0 atom stereocenters. The molecule has 0 unspecified atom stereocenters. The molecule has 0 bridgehead atoms. The number of pyridine rings is 1. The molecule has 0 aliphatic carbocycles. The van der Waals surface area contributed by atoms with Gasteiger partial charge in [-0.2, -0.15) is 5.10 Å². The molecule has 0 aliphatic rings. The Kier molecular flexibility index (Phi) is 4.47. The Bertz CT molecular complexity index is 700. The summed E-state index contributed by atoms with van der Waals surface area (Å²) in [5, 5.41) is 8.17. The first-order valence-corrected chi connectivity index (χ1v) is 7.13. The van der Waals surface area contributed by atoms with Gasteiger partial charge in [0.15, 0.2) is 5.75 Å². The van der Waals surface area contributed by atoms with Gasteiger partial charge in [-0.1, -0.05) is 19.1 Å². The molecule has 2 rings (SSSR count). The van der Waals surface area contributed by atoms with E-state index < -0.39 is 0 Å². The zero-order valence-electron chi connectivity index (χ0n) is 12.6. The summed E-state index contributed by atoms with van der Waals surface area (Å²) in [7, 11) is 0. The maximum atomic E-state index is 5.88. The molecule has 0 saturated heterocycles. The minimum atomic E-state index is 0.249. The fraction of sp³-hybridized carbons (Fsp3) is 0.333. The lowest BCUT2D eigenvalue weighted by Gasteiger charge is -2.14. The van der Waals surface area contributed by atoms with E-state index in [1.807, 2.05) is 39.8 Å². The first kappa shape index (κ1) is 15.3. The van der Waals surface area contributed by atoms with Crippen molar-refractivity contribution in [2.75, 3.05) is 0 Å². The van der Waals surface area contributed by atoms with Crippen molar-refractivity contribution in [2.24, 2.45) is 5.73 Å². The van der Waals surface area contributed by atoms with Gasteiger partial charge in [0.25, 0.3) is 0 Å². The lowest BCUT2D eigenvalue weighted by Crippen LogP contribution is -2.15. The number of nitrogens with zero attached hydrogens (tertiary/aromatic N) is 3. The fourth-order valence-corrected chi connectivity index (χ4v) is 2.24. The number of aromatic nitrogens is 3. The number of nitrogens with two attached hydrogens (primary N) is 1. The highest BCUT2D eigenvalue weighted by Crippen LogP contribution is 2.28. The zero-order valence-corrected chi connectivity index (χ0v) is 13.4. The summed E-state index contributed by atoms with van der Waals surface area (Å²) in [6, 6.07) is 3.77. The van der Waals surface area contributed by atoms with Gasteiger partial charge >= 0.3 is 0 Å². The minimum absolute atomic E-state index is 0.249. The van der Waals surface area contributed by atoms with Gasteiger partial charge in [-0.3, -0.25) is 4.98 Å². The van der Waals surface area contributed by atoms with Crippen LogP contribution in [0.5, 0.6) is 11.6 Å².